The van der Waals surface area contributed by atoms with Gasteiger partial charge in [-0.2, -0.15) is 5.10 Å². The van der Waals surface area contributed by atoms with Crippen LogP contribution in [0.25, 0.3) is 16.3 Å². The molecule has 3 heterocycles. The number of aromatic nitrogens is 2. The molecule has 0 saturated heterocycles. The molecular formula is C22H22N4O4S. The minimum Gasteiger partial charge on any atom is -0.460 e. The first-order valence-corrected chi connectivity index (χ1v) is 10.6. The summed E-state index contributed by atoms with van der Waals surface area (Å²) >= 11 is 1.54. The van der Waals surface area contributed by atoms with Crippen LogP contribution in [0.5, 0.6) is 0 Å². The number of methoxy groups -OCH3 is 1. The number of rotatable bonds is 7. The van der Waals surface area contributed by atoms with Crippen molar-refractivity contribution < 1.29 is 19.1 Å². The number of carbonyl (C=O) groups excluding carboxylic acids is 2. The standard InChI is InChI=1S/C22H22N4O4S/c1-14-18(21(27)30-11-10-29-2)20(24-22(28)23-14)16-13-26(15-7-4-3-5-8-15)25-19(16)17-9-6-12-31-17/h3-9,12-13,20H,10-11H2,1-2H3,(H2,23,24,28)/t20-/m1/s1. The van der Waals surface area contributed by atoms with Crippen LogP contribution in [0.1, 0.15) is 18.5 Å². The van der Waals surface area contributed by atoms with Crippen molar-refractivity contribution in [2.75, 3.05) is 20.3 Å². The van der Waals surface area contributed by atoms with Crippen LogP contribution in [-0.2, 0) is 14.3 Å². The number of hydrogen-bond donors (Lipinski definition) is 2. The maximum Gasteiger partial charge on any atom is 0.338 e. The molecule has 1 atom stereocenters. The highest BCUT2D eigenvalue weighted by atomic mass is 32.1. The van der Waals surface area contributed by atoms with Gasteiger partial charge in [0.05, 0.1) is 28.8 Å². The van der Waals surface area contributed by atoms with Crippen molar-refractivity contribution >= 4 is 23.3 Å². The van der Waals surface area contributed by atoms with Crippen molar-refractivity contribution in [1.29, 1.82) is 0 Å². The molecule has 0 bridgehead atoms. The van der Waals surface area contributed by atoms with Crippen LogP contribution in [-0.4, -0.2) is 42.1 Å². The highest BCUT2D eigenvalue weighted by Crippen LogP contribution is 2.36. The van der Waals surface area contributed by atoms with E-state index in [1.54, 1.807) is 11.6 Å². The van der Waals surface area contributed by atoms with Crippen LogP contribution >= 0.6 is 11.3 Å². The molecule has 2 aromatic heterocycles. The van der Waals surface area contributed by atoms with Crippen LogP contribution in [0.4, 0.5) is 4.79 Å². The smallest absolute Gasteiger partial charge is 0.338 e. The summed E-state index contributed by atoms with van der Waals surface area (Å²) in [6.45, 7) is 2.09. The molecule has 0 unspecified atom stereocenters. The second-order valence-corrected chi connectivity index (χ2v) is 7.84. The van der Waals surface area contributed by atoms with Crippen molar-refractivity contribution in [2.45, 2.75) is 13.0 Å². The Morgan fingerprint density at radius 3 is 2.71 bits per heavy atom. The molecule has 1 aromatic carbocycles. The minimum atomic E-state index is -0.710. The molecule has 0 saturated carbocycles. The topological polar surface area (TPSA) is 94.5 Å². The molecule has 0 radical (unpaired) electrons. The molecule has 1 aliphatic rings. The number of thiophene rings is 1. The first-order chi connectivity index (χ1) is 15.1. The predicted molar refractivity (Wildman–Crippen MR) is 117 cm³/mol. The third kappa shape index (κ3) is 4.37. The van der Waals surface area contributed by atoms with Gasteiger partial charge in [0.15, 0.2) is 0 Å². The fourth-order valence-corrected chi connectivity index (χ4v) is 4.14. The zero-order valence-electron chi connectivity index (χ0n) is 17.1. The number of nitrogens with zero attached hydrogens (tertiary/aromatic N) is 2. The van der Waals surface area contributed by atoms with E-state index in [9.17, 15) is 9.59 Å². The Hall–Kier alpha value is -3.43. The van der Waals surface area contributed by atoms with Gasteiger partial charge in [0, 0.05) is 24.6 Å². The highest BCUT2D eigenvalue weighted by Gasteiger charge is 2.35. The second kappa shape index (κ2) is 9.15. The van der Waals surface area contributed by atoms with Crippen molar-refractivity contribution in [3.8, 4) is 16.3 Å². The zero-order chi connectivity index (χ0) is 21.8. The predicted octanol–water partition coefficient (Wildman–Crippen LogP) is 3.42. The molecule has 2 N–H and O–H groups in total. The molecule has 31 heavy (non-hydrogen) atoms. The summed E-state index contributed by atoms with van der Waals surface area (Å²) in [5.41, 5.74) is 3.05. The number of benzene rings is 1. The van der Waals surface area contributed by atoms with Gasteiger partial charge in [0.25, 0.3) is 0 Å². The van der Waals surface area contributed by atoms with Gasteiger partial charge in [-0.1, -0.05) is 24.3 Å². The normalized spacial score (nSPS) is 16.1. The summed E-state index contributed by atoms with van der Waals surface area (Å²) in [5, 5.41) is 12.3. The average molecular weight is 439 g/mol. The monoisotopic (exact) mass is 438 g/mol. The van der Waals surface area contributed by atoms with E-state index in [4.69, 9.17) is 14.6 Å². The van der Waals surface area contributed by atoms with Gasteiger partial charge in [-0.15, -0.1) is 11.3 Å². The Morgan fingerprint density at radius 1 is 1.19 bits per heavy atom. The van der Waals surface area contributed by atoms with E-state index < -0.39 is 12.0 Å². The third-order valence-electron chi connectivity index (χ3n) is 4.84. The first kappa shape index (κ1) is 20.8. The van der Waals surface area contributed by atoms with E-state index >= 15 is 0 Å². The maximum atomic E-state index is 12.9. The SMILES string of the molecule is COCCOC(=O)C1=C(C)NC(=O)N[C@@H]1c1cn(-c2ccccc2)nc1-c1cccs1. The lowest BCUT2D eigenvalue weighted by Gasteiger charge is -2.27. The lowest BCUT2D eigenvalue weighted by atomic mass is 9.95. The molecule has 0 spiro atoms. The lowest BCUT2D eigenvalue weighted by molar-refractivity contribution is -0.140. The van der Waals surface area contributed by atoms with E-state index in [-0.39, 0.29) is 19.2 Å². The summed E-state index contributed by atoms with van der Waals surface area (Å²) in [4.78, 5) is 26.1. The van der Waals surface area contributed by atoms with E-state index in [1.165, 1.54) is 18.4 Å². The lowest BCUT2D eigenvalue weighted by Crippen LogP contribution is -2.45. The molecular weight excluding hydrogens is 416 g/mol. The minimum absolute atomic E-state index is 0.119. The quantitative estimate of drug-likeness (QED) is 0.435. The fourth-order valence-electron chi connectivity index (χ4n) is 3.41. The number of hydrogen-bond acceptors (Lipinski definition) is 6. The first-order valence-electron chi connectivity index (χ1n) is 9.71. The number of nitrogens with one attached hydrogen (secondary N) is 2. The highest BCUT2D eigenvalue weighted by molar-refractivity contribution is 7.13. The van der Waals surface area contributed by atoms with Gasteiger partial charge in [-0.3, -0.25) is 0 Å². The Labute approximate surface area is 183 Å². The van der Waals surface area contributed by atoms with Crippen molar-refractivity contribution in [3.05, 3.63) is 70.9 Å². The molecule has 3 aromatic rings. The fraction of sp³-hybridized carbons (Fsp3) is 0.227. The maximum absolute atomic E-state index is 12.9. The second-order valence-electron chi connectivity index (χ2n) is 6.89. The number of ether oxygens (including phenoxy) is 2. The summed E-state index contributed by atoms with van der Waals surface area (Å²) in [7, 11) is 1.54. The molecule has 160 valence electrons. The number of esters is 1. The Morgan fingerprint density at radius 2 is 2.00 bits per heavy atom. The van der Waals surface area contributed by atoms with Gasteiger partial charge >= 0.3 is 12.0 Å². The van der Waals surface area contributed by atoms with Crippen molar-refractivity contribution in [3.63, 3.8) is 0 Å². The van der Waals surface area contributed by atoms with Gasteiger partial charge in [-0.25, -0.2) is 14.3 Å². The number of urea groups is 1. The third-order valence-corrected chi connectivity index (χ3v) is 5.72. The van der Waals surface area contributed by atoms with Crippen LogP contribution in [0, 0.1) is 0 Å². The molecule has 9 heteroatoms. The van der Waals surface area contributed by atoms with E-state index in [1.807, 2.05) is 54.0 Å². The molecule has 0 fully saturated rings. The number of allylic oxidation sites excluding steroid dienone is 1. The molecule has 4 rings (SSSR count). The van der Waals surface area contributed by atoms with Crippen molar-refractivity contribution in [1.82, 2.24) is 20.4 Å². The summed E-state index contributed by atoms with van der Waals surface area (Å²) in [6.07, 6.45) is 1.84. The van der Waals surface area contributed by atoms with Crippen LogP contribution in [0.15, 0.2) is 65.3 Å². The Kier molecular flexibility index (Phi) is 6.15. The number of para-hydroxylation sites is 1. The molecule has 2 amide bonds. The van der Waals surface area contributed by atoms with Crippen LogP contribution < -0.4 is 10.6 Å². The Bertz CT molecular complexity index is 1110. The van der Waals surface area contributed by atoms with Gasteiger partial charge in [0.2, 0.25) is 0 Å². The van der Waals surface area contributed by atoms with E-state index in [0.29, 0.717) is 22.5 Å². The summed E-state index contributed by atoms with van der Waals surface area (Å²) in [6, 6.07) is 12.5. The summed E-state index contributed by atoms with van der Waals surface area (Å²) < 4.78 is 12.1. The summed E-state index contributed by atoms with van der Waals surface area (Å²) in [5.74, 6) is -0.517. The average Bonchev–Trinajstić information content (AvgIpc) is 3.44. The van der Waals surface area contributed by atoms with Gasteiger partial charge in [0.1, 0.15) is 12.3 Å². The zero-order valence-corrected chi connectivity index (χ0v) is 17.9. The van der Waals surface area contributed by atoms with Crippen molar-refractivity contribution in [2.24, 2.45) is 0 Å². The number of carbonyl (C=O) groups is 2. The Balaban J connectivity index is 1.80. The van der Waals surface area contributed by atoms with E-state index in [0.717, 1.165) is 10.6 Å². The van der Waals surface area contributed by atoms with Gasteiger partial charge in [-0.05, 0) is 30.5 Å². The van der Waals surface area contributed by atoms with E-state index in [2.05, 4.69) is 10.6 Å². The van der Waals surface area contributed by atoms with Crippen LogP contribution in [0.2, 0.25) is 0 Å². The molecule has 1 aliphatic heterocycles. The molecule has 0 aliphatic carbocycles. The number of amides is 2. The molecule has 8 nitrogen and oxygen atoms in total. The largest absolute Gasteiger partial charge is 0.460 e. The van der Waals surface area contributed by atoms with Gasteiger partial charge < -0.3 is 20.1 Å². The van der Waals surface area contributed by atoms with Crippen LogP contribution in [0.3, 0.4) is 0 Å².